The largest absolute Gasteiger partial charge is 0.487 e. The van der Waals surface area contributed by atoms with Crippen LogP contribution in [-0.2, 0) is 0 Å². The molecule has 2 aromatic carbocycles. The lowest BCUT2D eigenvalue weighted by Gasteiger charge is -2.19. The second-order valence-electron chi connectivity index (χ2n) is 5.94. The molecule has 1 amide bonds. The van der Waals surface area contributed by atoms with E-state index in [0.717, 1.165) is 5.56 Å². The molecule has 3 rings (SSSR count). The van der Waals surface area contributed by atoms with Gasteiger partial charge in [-0.15, -0.1) is 0 Å². The fourth-order valence-electron chi connectivity index (χ4n) is 2.81. The van der Waals surface area contributed by atoms with Crippen LogP contribution >= 0.6 is 0 Å². The number of carbonyl (C=O) groups excluding carboxylic acids is 1. The first kappa shape index (κ1) is 19.0. The van der Waals surface area contributed by atoms with E-state index >= 15 is 0 Å². The number of nitro benzene ring substituents is 1. The zero-order chi connectivity index (χ0) is 19.9. The van der Waals surface area contributed by atoms with E-state index in [2.05, 4.69) is 10.3 Å². The standard InChI is InChI=1S/C21H19N3O4/c1-2-28-19-12-11-16(14-18(19)24(26)27)21(25)23-20(15-8-4-3-5-9-15)17-10-6-7-13-22-17/h3-14,20H,2H2,1H3,(H,23,25). The van der Waals surface area contributed by atoms with Gasteiger partial charge in [0.25, 0.3) is 5.91 Å². The summed E-state index contributed by atoms with van der Waals surface area (Å²) in [6.45, 7) is 2.03. The van der Waals surface area contributed by atoms with Crippen molar-refractivity contribution >= 4 is 11.6 Å². The van der Waals surface area contributed by atoms with Crippen LogP contribution < -0.4 is 10.1 Å². The Kier molecular flexibility index (Phi) is 5.96. The van der Waals surface area contributed by atoms with Crippen molar-refractivity contribution in [2.75, 3.05) is 6.61 Å². The number of benzene rings is 2. The Morgan fingerprint density at radius 2 is 1.89 bits per heavy atom. The molecule has 1 unspecified atom stereocenters. The molecular weight excluding hydrogens is 358 g/mol. The normalized spacial score (nSPS) is 11.5. The minimum Gasteiger partial charge on any atom is -0.487 e. The highest BCUT2D eigenvalue weighted by Crippen LogP contribution is 2.28. The fraction of sp³-hybridized carbons (Fsp3) is 0.143. The van der Waals surface area contributed by atoms with Crippen molar-refractivity contribution in [2.24, 2.45) is 0 Å². The third kappa shape index (κ3) is 4.32. The van der Waals surface area contributed by atoms with Crippen molar-refractivity contribution in [1.29, 1.82) is 0 Å². The summed E-state index contributed by atoms with van der Waals surface area (Å²) in [5, 5.41) is 14.2. The van der Waals surface area contributed by atoms with Crippen LogP contribution in [0.25, 0.3) is 0 Å². The van der Waals surface area contributed by atoms with Gasteiger partial charge in [-0.1, -0.05) is 36.4 Å². The third-order valence-electron chi connectivity index (χ3n) is 4.11. The molecule has 0 spiro atoms. The molecule has 7 nitrogen and oxygen atoms in total. The van der Waals surface area contributed by atoms with Crippen LogP contribution in [0.15, 0.2) is 72.9 Å². The van der Waals surface area contributed by atoms with Crippen molar-refractivity contribution in [3.63, 3.8) is 0 Å². The van der Waals surface area contributed by atoms with Gasteiger partial charge in [0.15, 0.2) is 5.75 Å². The van der Waals surface area contributed by atoms with E-state index in [1.807, 2.05) is 42.5 Å². The monoisotopic (exact) mass is 377 g/mol. The molecule has 0 aliphatic rings. The highest BCUT2D eigenvalue weighted by molar-refractivity contribution is 5.95. The van der Waals surface area contributed by atoms with E-state index in [1.165, 1.54) is 18.2 Å². The van der Waals surface area contributed by atoms with E-state index in [1.54, 1.807) is 19.2 Å². The summed E-state index contributed by atoms with van der Waals surface area (Å²) in [4.78, 5) is 27.9. The summed E-state index contributed by atoms with van der Waals surface area (Å²) >= 11 is 0. The minimum atomic E-state index is -0.560. The Hall–Kier alpha value is -3.74. The third-order valence-corrected chi connectivity index (χ3v) is 4.11. The summed E-state index contributed by atoms with van der Waals surface area (Å²) in [6.07, 6.45) is 1.65. The molecule has 142 valence electrons. The van der Waals surface area contributed by atoms with Gasteiger partial charge in [0.05, 0.1) is 23.3 Å². The number of hydrogen-bond acceptors (Lipinski definition) is 5. The van der Waals surface area contributed by atoms with Crippen LogP contribution in [0.1, 0.15) is 34.6 Å². The van der Waals surface area contributed by atoms with Gasteiger partial charge in [0, 0.05) is 17.8 Å². The fourth-order valence-corrected chi connectivity index (χ4v) is 2.81. The molecule has 0 fully saturated rings. The topological polar surface area (TPSA) is 94.4 Å². The molecule has 7 heteroatoms. The molecule has 1 atom stereocenters. The highest BCUT2D eigenvalue weighted by Gasteiger charge is 2.22. The van der Waals surface area contributed by atoms with Gasteiger partial charge in [0.1, 0.15) is 0 Å². The average molecular weight is 377 g/mol. The lowest BCUT2D eigenvalue weighted by Crippen LogP contribution is -2.30. The van der Waals surface area contributed by atoms with Crippen molar-refractivity contribution in [3.05, 3.63) is 99.9 Å². The van der Waals surface area contributed by atoms with Gasteiger partial charge in [-0.05, 0) is 36.8 Å². The Morgan fingerprint density at radius 1 is 1.14 bits per heavy atom. The number of amides is 1. The lowest BCUT2D eigenvalue weighted by atomic mass is 10.0. The van der Waals surface area contributed by atoms with Crippen LogP contribution in [0.2, 0.25) is 0 Å². The number of nitrogens with zero attached hydrogens (tertiary/aromatic N) is 2. The van der Waals surface area contributed by atoms with Crippen LogP contribution in [0, 0.1) is 10.1 Å². The molecule has 28 heavy (non-hydrogen) atoms. The summed E-state index contributed by atoms with van der Waals surface area (Å²) in [7, 11) is 0. The lowest BCUT2D eigenvalue weighted by molar-refractivity contribution is -0.385. The molecule has 0 bridgehead atoms. The number of pyridine rings is 1. The molecule has 1 heterocycles. The highest BCUT2D eigenvalue weighted by atomic mass is 16.6. The van der Waals surface area contributed by atoms with Gasteiger partial charge in [-0.3, -0.25) is 19.9 Å². The number of nitro groups is 1. The first-order valence-corrected chi connectivity index (χ1v) is 8.78. The Morgan fingerprint density at radius 3 is 2.54 bits per heavy atom. The predicted octanol–water partition coefficient (Wildman–Crippen LogP) is 3.91. The number of aromatic nitrogens is 1. The van der Waals surface area contributed by atoms with Crippen LogP contribution in [0.3, 0.4) is 0 Å². The second kappa shape index (κ2) is 8.77. The summed E-state index contributed by atoms with van der Waals surface area (Å²) in [6, 6.07) is 18.5. The molecule has 0 aliphatic heterocycles. The number of nitrogens with one attached hydrogen (secondary N) is 1. The molecule has 1 N–H and O–H groups in total. The maximum absolute atomic E-state index is 12.8. The van der Waals surface area contributed by atoms with Crippen molar-refractivity contribution in [3.8, 4) is 5.75 Å². The van der Waals surface area contributed by atoms with E-state index in [9.17, 15) is 14.9 Å². The van der Waals surface area contributed by atoms with Crippen molar-refractivity contribution in [1.82, 2.24) is 10.3 Å². The van der Waals surface area contributed by atoms with Crippen LogP contribution in [0.5, 0.6) is 5.75 Å². The summed E-state index contributed by atoms with van der Waals surface area (Å²) < 4.78 is 5.27. The summed E-state index contributed by atoms with van der Waals surface area (Å²) in [5.41, 5.74) is 1.45. The quantitative estimate of drug-likeness (QED) is 0.498. The van der Waals surface area contributed by atoms with E-state index in [0.29, 0.717) is 12.3 Å². The second-order valence-corrected chi connectivity index (χ2v) is 5.94. The predicted molar refractivity (Wildman–Crippen MR) is 104 cm³/mol. The molecule has 1 aromatic heterocycles. The average Bonchev–Trinajstić information content (AvgIpc) is 2.73. The molecule has 3 aromatic rings. The maximum Gasteiger partial charge on any atom is 0.311 e. The number of carbonyl (C=O) groups is 1. The Labute approximate surface area is 162 Å². The van der Waals surface area contributed by atoms with E-state index in [4.69, 9.17) is 4.74 Å². The summed E-state index contributed by atoms with van der Waals surface area (Å²) in [5.74, 6) is -0.306. The van der Waals surface area contributed by atoms with Crippen LogP contribution in [0.4, 0.5) is 5.69 Å². The Balaban J connectivity index is 1.92. The zero-order valence-corrected chi connectivity index (χ0v) is 15.2. The SMILES string of the molecule is CCOc1ccc(C(=O)NC(c2ccccc2)c2ccccn2)cc1[N+](=O)[O-]. The van der Waals surface area contributed by atoms with Gasteiger partial charge >= 0.3 is 5.69 Å². The molecule has 0 aliphatic carbocycles. The Bertz CT molecular complexity index is 922. The van der Waals surface area contributed by atoms with Gasteiger partial charge in [-0.2, -0.15) is 0 Å². The van der Waals surface area contributed by atoms with E-state index in [-0.39, 0.29) is 17.0 Å². The number of ether oxygens (including phenoxy) is 1. The molecular formula is C21H19N3O4. The van der Waals surface area contributed by atoms with Gasteiger partial charge in [0.2, 0.25) is 0 Å². The maximum atomic E-state index is 12.8. The zero-order valence-electron chi connectivity index (χ0n) is 15.2. The smallest absolute Gasteiger partial charge is 0.311 e. The van der Waals surface area contributed by atoms with Gasteiger partial charge < -0.3 is 10.1 Å². The molecule has 0 saturated carbocycles. The van der Waals surface area contributed by atoms with Crippen molar-refractivity contribution in [2.45, 2.75) is 13.0 Å². The number of hydrogen-bond donors (Lipinski definition) is 1. The molecule has 0 radical (unpaired) electrons. The van der Waals surface area contributed by atoms with Crippen LogP contribution in [-0.4, -0.2) is 22.4 Å². The van der Waals surface area contributed by atoms with E-state index < -0.39 is 16.9 Å². The molecule has 0 saturated heterocycles. The number of rotatable bonds is 7. The first-order valence-electron chi connectivity index (χ1n) is 8.78. The van der Waals surface area contributed by atoms with Crippen molar-refractivity contribution < 1.29 is 14.5 Å². The first-order chi connectivity index (χ1) is 13.6. The minimum absolute atomic E-state index is 0.133. The van der Waals surface area contributed by atoms with Gasteiger partial charge in [-0.25, -0.2) is 0 Å².